The summed E-state index contributed by atoms with van der Waals surface area (Å²) in [6.45, 7) is 7.00. The van der Waals surface area contributed by atoms with Gasteiger partial charge in [-0.25, -0.2) is 4.68 Å². The van der Waals surface area contributed by atoms with E-state index >= 15 is 0 Å². The zero-order chi connectivity index (χ0) is 24.2. The van der Waals surface area contributed by atoms with Crippen LogP contribution in [0.3, 0.4) is 0 Å². The number of amides is 2. The maximum atomic E-state index is 13.0. The second kappa shape index (κ2) is 10.3. The lowest BCUT2D eigenvalue weighted by Crippen LogP contribution is -2.39. The highest BCUT2D eigenvalue weighted by Crippen LogP contribution is 2.35. The van der Waals surface area contributed by atoms with Crippen molar-refractivity contribution in [3.8, 4) is 5.69 Å². The standard InChI is InChI=1S/C26H30ClN5O2/c1-4-23(33)29-24-18(3)30-32(20-9-6-5-7-10-20)26(24)31-15-13-19(14-16-31)25(34)28-22-12-8-11-21(27)17(22)2/h5-12,19H,4,13-16H2,1-3H3,(H,28,34)(H,29,33). The van der Waals surface area contributed by atoms with Gasteiger partial charge >= 0.3 is 0 Å². The molecular weight excluding hydrogens is 450 g/mol. The molecule has 0 saturated carbocycles. The Morgan fingerprint density at radius 2 is 1.74 bits per heavy atom. The molecule has 178 valence electrons. The van der Waals surface area contributed by atoms with Gasteiger partial charge in [0.1, 0.15) is 5.69 Å². The molecule has 1 aliphatic heterocycles. The number of carbonyl (C=O) groups is 2. The van der Waals surface area contributed by atoms with Crippen LogP contribution in [0, 0.1) is 19.8 Å². The molecule has 0 atom stereocenters. The third-order valence-corrected chi connectivity index (χ3v) is 6.72. The average Bonchev–Trinajstić information content (AvgIpc) is 3.18. The smallest absolute Gasteiger partial charge is 0.227 e. The van der Waals surface area contributed by atoms with E-state index in [1.165, 1.54) is 0 Å². The van der Waals surface area contributed by atoms with Crippen LogP contribution in [0.15, 0.2) is 48.5 Å². The van der Waals surface area contributed by atoms with Gasteiger partial charge in [0.2, 0.25) is 11.8 Å². The van der Waals surface area contributed by atoms with Crippen molar-refractivity contribution < 1.29 is 9.59 Å². The summed E-state index contributed by atoms with van der Waals surface area (Å²) in [7, 11) is 0. The molecule has 1 fully saturated rings. The average molecular weight is 480 g/mol. The van der Waals surface area contributed by atoms with Crippen molar-refractivity contribution in [3.05, 3.63) is 64.8 Å². The van der Waals surface area contributed by atoms with Crippen LogP contribution in [0.4, 0.5) is 17.2 Å². The number of rotatable bonds is 6. The van der Waals surface area contributed by atoms with E-state index in [0.717, 1.165) is 34.1 Å². The van der Waals surface area contributed by atoms with Crippen molar-refractivity contribution in [1.82, 2.24) is 9.78 Å². The Kier molecular flexibility index (Phi) is 7.22. The van der Waals surface area contributed by atoms with E-state index in [1.807, 2.05) is 74.0 Å². The van der Waals surface area contributed by atoms with Gasteiger partial charge in [0, 0.05) is 36.1 Å². The van der Waals surface area contributed by atoms with Crippen molar-refractivity contribution in [3.63, 3.8) is 0 Å². The topological polar surface area (TPSA) is 79.3 Å². The molecule has 2 amide bonds. The minimum atomic E-state index is -0.0995. The molecule has 2 aromatic carbocycles. The molecule has 0 unspecified atom stereocenters. The van der Waals surface area contributed by atoms with Gasteiger partial charge in [-0.3, -0.25) is 9.59 Å². The fraction of sp³-hybridized carbons (Fsp3) is 0.346. The molecule has 2 N–H and O–H groups in total. The van der Waals surface area contributed by atoms with E-state index in [9.17, 15) is 9.59 Å². The van der Waals surface area contributed by atoms with E-state index in [0.29, 0.717) is 37.4 Å². The maximum absolute atomic E-state index is 13.0. The lowest BCUT2D eigenvalue weighted by molar-refractivity contribution is -0.120. The number of anilines is 3. The minimum absolute atomic E-state index is 0.0114. The summed E-state index contributed by atoms with van der Waals surface area (Å²) >= 11 is 6.20. The number of hydrogen-bond acceptors (Lipinski definition) is 4. The van der Waals surface area contributed by atoms with Gasteiger partial charge in [-0.15, -0.1) is 0 Å². The van der Waals surface area contributed by atoms with Gasteiger partial charge in [0.15, 0.2) is 5.82 Å². The third-order valence-electron chi connectivity index (χ3n) is 6.31. The molecule has 7 nitrogen and oxygen atoms in total. The monoisotopic (exact) mass is 479 g/mol. The highest BCUT2D eigenvalue weighted by Gasteiger charge is 2.30. The normalized spacial score (nSPS) is 14.2. The summed E-state index contributed by atoms with van der Waals surface area (Å²) in [6, 6.07) is 15.4. The number of aromatic nitrogens is 2. The van der Waals surface area contributed by atoms with Crippen LogP contribution in [0.1, 0.15) is 37.4 Å². The van der Waals surface area contributed by atoms with E-state index < -0.39 is 0 Å². The van der Waals surface area contributed by atoms with E-state index in [-0.39, 0.29) is 17.7 Å². The van der Waals surface area contributed by atoms with Gasteiger partial charge in [-0.1, -0.05) is 42.8 Å². The SMILES string of the molecule is CCC(=O)Nc1c(C)nn(-c2ccccc2)c1N1CCC(C(=O)Nc2cccc(Cl)c2C)CC1. The quantitative estimate of drug-likeness (QED) is 0.499. The Morgan fingerprint density at radius 3 is 2.41 bits per heavy atom. The van der Waals surface area contributed by atoms with Crippen LogP contribution in [0.25, 0.3) is 5.69 Å². The highest BCUT2D eigenvalue weighted by atomic mass is 35.5. The summed E-state index contributed by atoms with van der Waals surface area (Å²) in [6.07, 6.45) is 1.79. The Bertz CT molecular complexity index is 1180. The Hall–Kier alpha value is -3.32. The Morgan fingerprint density at radius 1 is 1.03 bits per heavy atom. The van der Waals surface area contributed by atoms with Crippen LogP contribution >= 0.6 is 11.6 Å². The van der Waals surface area contributed by atoms with E-state index in [1.54, 1.807) is 0 Å². The summed E-state index contributed by atoms with van der Waals surface area (Å²) in [5.41, 5.74) is 4.04. The fourth-order valence-electron chi connectivity index (χ4n) is 4.26. The summed E-state index contributed by atoms with van der Waals surface area (Å²) in [5.74, 6) is 0.716. The van der Waals surface area contributed by atoms with Crippen LogP contribution in [0.2, 0.25) is 5.02 Å². The third kappa shape index (κ3) is 4.94. The zero-order valence-electron chi connectivity index (χ0n) is 19.8. The van der Waals surface area contributed by atoms with Crippen molar-refractivity contribution in [1.29, 1.82) is 0 Å². The first-order chi connectivity index (χ1) is 16.4. The molecule has 4 rings (SSSR count). The number of aryl methyl sites for hydroxylation is 1. The first-order valence-electron chi connectivity index (χ1n) is 11.6. The first-order valence-corrected chi connectivity index (χ1v) is 12.0. The largest absolute Gasteiger partial charge is 0.355 e. The molecule has 3 aromatic rings. The number of para-hydroxylation sites is 1. The summed E-state index contributed by atoms with van der Waals surface area (Å²) < 4.78 is 1.89. The van der Waals surface area contributed by atoms with Crippen molar-refractivity contribution >= 4 is 40.6 Å². The van der Waals surface area contributed by atoms with Gasteiger partial charge in [-0.2, -0.15) is 5.10 Å². The number of carbonyl (C=O) groups excluding carboxylic acids is 2. The molecule has 0 radical (unpaired) electrons. The minimum Gasteiger partial charge on any atom is -0.355 e. The molecule has 1 aliphatic rings. The number of benzene rings is 2. The molecule has 0 bridgehead atoms. The fourth-order valence-corrected chi connectivity index (χ4v) is 4.44. The van der Waals surface area contributed by atoms with Crippen LogP contribution in [-0.2, 0) is 9.59 Å². The molecule has 34 heavy (non-hydrogen) atoms. The van der Waals surface area contributed by atoms with Crippen LogP contribution in [-0.4, -0.2) is 34.7 Å². The van der Waals surface area contributed by atoms with E-state index in [2.05, 4.69) is 15.5 Å². The predicted molar refractivity (Wildman–Crippen MR) is 137 cm³/mol. The number of nitrogens with zero attached hydrogens (tertiary/aromatic N) is 3. The predicted octanol–water partition coefficient (Wildman–Crippen LogP) is 5.35. The molecule has 1 saturated heterocycles. The van der Waals surface area contributed by atoms with Crippen molar-refractivity contribution in [2.75, 3.05) is 28.6 Å². The van der Waals surface area contributed by atoms with Gasteiger partial charge in [0.05, 0.1) is 11.4 Å². The molecule has 2 heterocycles. The maximum Gasteiger partial charge on any atom is 0.227 e. The number of piperidine rings is 1. The highest BCUT2D eigenvalue weighted by molar-refractivity contribution is 6.31. The second-order valence-electron chi connectivity index (χ2n) is 8.60. The van der Waals surface area contributed by atoms with Gasteiger partial charge < -0.3 is 15.5 Å². The summed E-state index contributed by atoms with van der Waals surface area (Å²) in [4.78, 5) is 27.4. The first kappa shape index (κ1) is 23.8. The van der Waals surface area contributed by atoms with Gasteiger partial charge in [-0.05, 0) is 56.5 Å². The van der Waals surface area contributed by atoms with E-state index in [4.69, 9.17) is 16.7 Å². The number of hydrogen-bond donors (Lipinski definition) is 2. The molecule has 8 heteroatoms. The lowest BCUT2D eigenvalue weighted by atomic mass is 9.95. The Balaban J connectivity index is 1.54. The number of halogens is 1. The van der Waals surface area contributed by atoms with Crippen LogP contribution < -0.4 is 15.5 Å². The molecule has 0 aliphatic carbocycles. The van der Waals surface area contributed by atoms with Crippen LogP contribution in [0.5, 0.6) is 0 Å². The van der Waals surface area contributed by atoms with Gasteiger partial charge in [0.25, 0.3) is 0 Å². The molecule has 0 spiro atoms. The zero-order valence-corrected chi connectivity index (χ0v) is 20.5. The number of nitrogens with one attached hydrogen (secondary N) is 2. The Labute approximate surface area is 205 Å². The van der Waals surface area contributed by atoms with Crippen molar-refractivity contribution in [2.45, 2.75) is 40.0 Å². The molecular formula is C26H30ClN5O2. The lowest BCUT2D eigenvalue weighted by Gasteiger charge is -2.33. The molecule has 1 aromatic heterocycles. The van der Waals surface area contributed by atoms with Crippen molar-refractivity contribution in [2.24, 2.45) is 5.92 Å². The second-order valence-corrected chi connectivity index (χ2v) is 9.00. The summed E-state index contributed by atoms with van der Waals surface area (Å²) in [5, 5.41) is 11.5.